The van der Waals surface area contributed by atoms with Crippen LogP contribution in [-0.4, -0.2) is 31.4 Å². The first-order valence-corrected chi connectivity index (χ1v) is 7.60. The van der Waals surface area contributed by atoms with Gasteiger partial charge in [-0.2, -0.15) is 0 Å². The Balaban J connectivity index is 1.82. The van der Waals surface area contributed by atoms with Gasteiger partial charge in [0.15, 0.2) is 11.5 Å². The fourth-order valence-electron chi connectivity index (χ4n) is 1.78. The van der Waals surface area contributed by atoms with E-state index in [1.54, 1.807) is 12.3 Å². The highest BCUT2D eigenvalue weighted by molar-refractivity contribution is 7.89. The first-order valence-electron chi connectivity index (χ1n) is 5.99. The predicted octanol–water partition coefficient (Wildman–Crippen LogP) is -1.01. The number of allylic oxidation sites excluding steroid dienone is 1. The summed E-state index contributed by atoms with van der Waals surface area (Å²) in [5.74, 6) is -0.465. The fourth-order valence-corrected chi connectivity index (χ4v) is 2.25. The maximum absolute atomic E-state index is 12.2. The quantitative estimate of drug-likeness (QED) is 0.648. The first kappa shape index (κ1) is 14.2. The molecule has 1 aromatic rings. The van der Waals surface area contributed by atoms with Crippen LogP contribution in [0.25, 0.3) is 0 Å². The van der Waals surface area contributed by atoms with E-state index in [2.05, 4.69) is 16.0 Å². The van der Waals surface area contributed by atoms with Crippen LogP contribution in [0, 0.1) is 0 Å². The molecule has 1 atom stereocenters. The number of fused-ring (bicyclic) bond motifs is 1. The van der Waals surface area contributed by atoms with E-state index in [0.29, 0.717) is 0 Å². The van der Waals surface area contributed by atoms with E-state index in [4.69, 9.17) is 14.6 Å². The molecule has 0 saturated carbocycles. The Labute approximate surface area is 125 Å². The van der Waals surface area contributed by atoms with Crippen LogP contribution in [0.5, 0.6) is 11.5 Å². The zero-order chi connectivity index (χ0) is 15.7. The van der Waals surface area contributed by atoms with Gasteiger partial charge in [-0.25, -0.2) is 19.0 Å². The van der Waals surface area contributed by atoms with Crippen molar-refractivity contribution in [3.63, 3.8) is 0 Å². The van der Waals surface area contributed by atoms with Gasteiger partial charge in [-0.15, -0.1) is 10.3 Å². The summed E-state index contributed by atoms with van der Waals surface area (Å²) in [4.78, 5) is 12.2. The predicted molar refractivity (Wildman–Crippen MR) is 74.7 cm³/mol. The van der Waals surface area contributed by atoms with Crippen LogP contribution in [0.15, 0.2) is 35.6 Å². The summed E-state index contributed by atoms with van der Waals surface area (Å²) in [6.45, 7) is 0. The second kappa shape index (κ2) is 5.20. The fraction of sp³-hybridized carbons (Fsp3) is 0.0909. The van der Waals surface area contributed by atoms with Gasteiger partial charge in [0.1, 0.15) is 0 Å². The van der Waals surface area contributed by atoms with Crippen LogP contribution in [-0.2, 0) is 10.0 Å². The molecule has 2 heterocycles. The molecule has 22 heavy (non-hydrogen) atoms. The third-order valence-corrected chi connectivity index (χ3v) is 3.43. The summed E-state index contributed by atoms with van der Waals surface area (Å²) >= 11 is 0. The van der Waals surface area contributed by atoms with Crippen LogP contribution in [0.2, 0.25) is 0 Å². The van der Waals surface area contributed by atoms with E-state index in [1.807, 2.05) is 0 Å². The summed E-state index contributed by atoms with van der Waals surface area (Å²) < 4.78 is 32.8. The molecule has 0 fully saturated rings. The van der Waals surface area contributed by atoms with Gasteiger partial charge in [0, 0.05) is 6.20 Å². The lowest BCUT2D eigenvalue weighted by Crippen LogP contribution is -2.46. The van der Waals surface area contributed by atoms with Crippen molar-refractivity contribution in [3.8, 4) is 11.5 Å². The summed E-state index contributed by atoms with van der Waals surface area (Å²) in [6, 6.07) is 4.44. The van der Waals surface area contributed by atoms with Gasteiger partial charge >= 0.3 is 5.62 Å². The molecule has 0 bridgehead atoms. The smallest absolute Gasteiger partial charge is 0.360 e. The molecule has 2 aliphatic rings. The van der Waals surface area contributed by atoms with Gasteiger partial charge in [0.2, 0.25) is 0 Å². The van der Waals surface area contributed by atoms with Crippen molar-refractivity contribution in [2.75, 3.05) is 0 Å². The number of rotatable bonds is 3. The highest BCUT2D eigenvalue weighted by Gasteiger charge is 2.36. The van der Waals surface area contributed by atoms with Crippen molar-refractivity contribution >= 4 is 22.1 Å². The Hall–Kier alpha value is -2.79. The van der Waals surface area contributed by atoms with Crippen molar-refractivity contribution in [1.82, 2.24) is 16.1 Å². The number of primary sulfonamides is 1. The maximum atomic E-state index is 12.2. The number of carbonyl (C=O) groups is 1. The number of hydrogen-bond acceptors (Lipinski definition) is 8. The van der Waals surface area contributed by atoms with E-state index in [-0.39, 0.29) is 17.1 Å². The van der Waals surface area contributed by atoms with Crippen molar-refractivity contribution in [2.24, 2.45) is 10.2 Å². The molecular formula is C11H11N5O5S. The number of nitrogens with zero attached hydrogens (tertiary/aromatic N) is 2. The average Bonchev–Trinajstić information content (AvgIpc) is 2.92. The summed E-state index contributed by atoms with van der Waals surface area (Å²) in [7, 11) is -4.07. The lowest BCUT2D eigenvalue weighted by atomic mass is 10.2. The van der Waals surface area contributed by atoms with Crippen LogP contribution in [0.4, 0.5) is 0 Å². The molecule has 0 aliphatic carbocycles. The number of sulfonamides is 1. The molecule has 1 amide bonds. The standard InChI is InChI=1S/C11H11N5O5S/c12-22(18,19)11-20-8-4-1-3-7(9(8)21-11)10(17)15-16-13-5-2-6-14-16/h1-6,11,13H,(H,15,17)(H2,12,18,19). The van der Waals surface area contributed by atoms with Gasteiger partial charge in [0.05, 0.1) is 11.8 Å². The molecule has 4 N–H and O–H groups in total. The van der Waals surface area contributed by atoms with Gasteiger partial charge in [-0.05, 0) is 18.2 Å². The lowest BCUT2D eigenvalue weighted by Gasteiger charge is -2.20. The van der Waals surface area contributed by atoms with Crippen molar-refractivity contribution in [1.29, 1.82) is 0 Å². The van der Waals surface area contributed by atoms with Crippen LogP contribution >= 0.6 is 0 Å². The second-order valence-electron chi connectivity index (χ2n) is 4.25. The molecule has 10 nitrogen and oxygen atoms in total. The summed E-state index contributed by atoms with van der Waals surface area (Å²) in [5, 5.41) is 9.88. The normalized spacial score (nSPS) is 19.0. The molecule has 0 spiro atoms. The monoisotopic (exact) mass is 325 g/mol. The Kier molecular flexibility index (Phi) is 3.35. The zero-order valence-electron chi connectivity index (χ0n) is 11.0. The van der Waals surface area contributed by atoms with Gasteiger partial charge in [-0.1, -0.05) is 6.07 Å². The number of amides is 1. The minimum Gasteiger partial charge on any atom is -0.437 e. The van der Waals surface area contributed by atoms with E-state index in [0.717, 1.165) is 5.23 Å². The molecule has 3 rings (SSSR count). The molecular weight excluding hydrogens is 314 g/mol. The van der Waals surface area contributed by atoms with E-state index >= 15 is 0 Å². The highest BCUT2D eigenvalue weighted by atomic mass is 32.2. The molecule has 0 aromatic heterocycles. The Morgan fingerprint density at radius 2 is 2.23 bits per heavy atom. The maximum Gasteiger partial charge on any atom is 0.360 e. The SMILES string of the molecule is NS(=O)(=O)C1Oc2cccc(C(=O)NN3N=CC=CN3)c2O1. The number of nitrogens with two attached hydrogens (primary N) is 1. The number of hydrazone groups is 1. The van der Waals surface area contributed by atoms with Gasteiger partial charge < -0.3 is 9.47 Å². The zero-order valence-corrected chi connectivity index (χ0v) is 11.8. The third kappa shape index (κ3) is 2.66. The second-order valence-corrected chi connectivity index (χ2v) is 5.81. The third-order valence-electron chi connectivity index (χ3n) is 2.70. The number of ether oxygens (including phenoxy) is 2. The first-order chi connectivity index (χ1) is 10.4. The largest absolute Gasteiger partial charge is 0.437 e. The number of benzene rings is 1. The molecule has 1 aromatic carbocycles. The van der Waals surface area contributed by atoms with Crippen LogP contribution < -0.4 is 25.5 Å². The molecule has 2 aliphatic heterocycles. The van der Waals surface area contributed by atoms with Crippen molar-refractivity contribution in [2.45, 2.75) is 5.62 Å². The molecule has 0 saturated heterocycles. The topological polar surface area (TPSA) is 135 Å². The number of hydrazine groups is 2. The minimum atomic E-state index is -4.07. The van der Waals surface area contributed by atoms with Gasteiger partial charge in [-0.3, -0.25) is 10.2 Å². The van der Waals surface area contributed by atoms with E-state index in [9.17, 15) is 13.2 Å². The van der Waals surface area contributed by atoms with Crippen LogP contribution in [0.3, 0.4) is 0 Å². The number of para-hydroxylation sites is 1. The van der Waals surface area contributed by atoms with Crippen LogP contribution in [0.1, 0.15) is 10.4 Å². The minimum absolute atomic E-state index is 0.00411. The highest BCUT2D eigenvalue weighted by Crippen LogP contribution is 2.38. The molecule has 11 heteroatoms. The van der Waals surface area contributed by atoms with E-state index < -0.39 is 21.6 Å². The Bertz CT molecular complexity index is 775. The summed E-state index contributed by atoms with van der Waals surface area (Å²) in [6.07, 6.45) is 4.65. The number of hydrogen-bond donors (Lipinski definition) is 3. The Morgan fingerprint density at radius 3 is 2.91 bits per heavy atom. The molecule has 0 radical (unpaired) electrons. The van der Waals surface area contributed by atoms with E-state index in [1.165, 1.54) is 24.4 Å². The summed E-state index contributed by atoms with van der Waals surface area (Å²) in [5.41, 5.74) is 3.50. The van der Waals surface area contributed by atoms with Crippen molar-refractivity contribution in [3.05, 3.63) is 36.0 Å². The number of nitrogens with one attached hydrogen (secondary N) is 2. The van der Waals surface area contributed by atoms with Crippen molar-refractivity contribution < 1.29 is 22.7 Å². The average molecular weight is 325 g/mol. The molecule has 1 unspecified atom stereocenters. The van der Waals surface area contributed by atoms with Gasteiger partial charge in [0.25, 0.3) is 15.9 Å². The Morgan fingerprint density at radius 1 is 1.41 bits per heavy atom. The lowest BCUT2D eigenvalue weighted by molar-refractivity contribution is 0.0714. The number of carbonyl (C=O) groups excluding carboxylic acids is 1. The molecule has 116 valence electrons.